The lowest BCUT2D eigenvalue weighted by molar-refractivity contribution is 0.0976. The van der Waals surface area contributed by atoms with Gasteiger partial charge in [-0.25, -0.2) is 4.39 Å². The average molecular weight is 438 g/mol. The molecular formula is C24H28FN5O2. The number of guanidine groups is 1. The second kappa shape index (κ2) is 10.6. The van der Waals surface area contributed by atoms with Crippen molar-refractivity contribution in [2.24, 2.45) is 4.99 Å². The second-order valence-electron chi connectivity index (χ2n) is 7.26. The molecule has 32 heavy (non-hydrogen) atoms. The van der Waals surface area contributed by atoms with Gasteiger partial charge in [-0.2, -0.15) is 5.10 Å². The lowest BCUT2D eigenvalue weighted by atomic mass is 10.1. The molecule has 8 heteroatoms. The summed E-state index contributed by atoms with van der Waals surface area (Å²) in [5, 5.41) is 10.4. The van der Waals surface area contributed by atoms with Gasteiger partial charge in [-0.1, -0.05) is 6.07 Å². The van der Waals surface area contributed by atoms with Gasteiger partial charge in [0.05, 0.1) is 12.8 Å². The molecule has 0 radical (unpaired) electrons. The van der Waals surface area contributed by atoms with Gasteiger partial charge >= 0.3 is 0 Å². The van der Waals surface area contributed by atoms with E-state index in [2.05, 4.69) is 27.6 Å². The molecule has 0 saturated carbocycles. The summed E-state index contributed by atoms with van der Waals surface area (Å²) in [5.41, 5.74) is 4.19. The van der Waals surface area contributed by atoms with Crippen LogP contribution in [-0.4, -0.2) is 35.3 Å². The third-order valence-corrected chi connectivity index (χ3v) is 5.13. The number of anilines is 1. The van der Waals surface area contributed by atoms with Crippen molar-refractivity contribution in [3.05, 3.63) is 76.9 Å². The van der Waals surface area contributed by atoms with Gasteiger partial charge in [0.1, 0.15) is 11.6 Å². The highest BCUT2D eigenvalue weighted by atomic mass is 19.1. The van der Waals surface area contributed by atoms with Gasteiger partial charge in [0, 0.05) is 30.0 Å². The van der Waals surface area contributed by atoms with E-state index >= 15 is 0 Å². The van der Waals surface area contributed by atoms with E-state index in [1.165, 1.54) is 18.2 Å². The Balaban J connectivity index is 1.78. The summed E-state index contributed by atoms with van der Waals surface area (Å²) < 4.78 is 20.7. The molecule has 0 atom stereocenters. The summed E-state index contributed by atoms with van der Waals surface area (Å²) >= 11 is 0. The average Bonchev–Trinajstić information content (AvgIpc) is 3.07. The first-order valence-corrected chi connectivity index (χ1v) is 10.5. The minimum absolute atomic E-state index is 0.213. The minimum Gasteiger partial charge on any atom is -0.497 e. The number of benzene rings is 2. The number of rotatable bonds is 7. The molecule has 2 N–H and O–H groups in total. The molecule has 0 saturated heterocycles. The fraction of sp³-hybridized carbons (Fsp3) is 0.292. The fourth-order valence-electron chi connectivity index (χ4n) is 3.41. The molecule has 1 amide bonds. The normalized spacial score (nSPS) is 11.3. The largest absolute Gasteiger partial charge is 0.497 e. The topological polar surface area (TPSA) is 80.5 Å². The molecule has 0 bridgehead atoms. The zero-order chi connectivity index (χ0) is 23.1. The molecule has 1 heterocycles. The number of aliphatic imine (C=N–C) groups is 1. The lowest BCUT2D eigenvalue weighted by Crippen LogP contribution is -2.36. The molecule has 0 fully saturated rings. The van der Waals surface area contributed by atoms with Crippen molar-refractivity contribution < 1.29 is 13.9 Å². The van der Waals surface area contributed by atoms with Crippen LogP contribution in [0, 0.1) is 19.7 Å². The predicted molar refractivity (Wildman–Crippen MR) is 124 cm³/mol. The van der Waals surface area contributed by atoms with Crippen molar-refractivity contribution in [1.82, 2.24) is 15.1 Å². The Labute approximate surface area is 187 Å². The third kappa shape index (κ3) is 5.72. The van der Waals surface area contributed by atoms with Gasteiger partial charge in [-0.05, 0) is 75.2 Å². The van der Waals surface area contributed by atoms with E-state index in [0.29, 0.717) is 13.0 Å². The smallest absolute Gasteiger partial charge is 0.258 e. The molecule has 1 aromatic heterocycles. The van der Waals surface area contributed by atoms with Gasteiger partial charge in [0.2, 0.25) is 5.96 Å². The molecular weight excluding hydrogens is 409 g/mol. The van der Waals surface area contributed by atoms with Crippen molar-refractivity contribution in [3.63, 3.8) is 0 Å². The summed E-state index contributed by atoms with van der Waals surface area (Å²) in [6.45, 7) is 7.34. The minimum atomic E-state index is -0.474. The first-order valence-electron chi connectivity index (χ1n) is 10.5. The Kier molecular flexibility index (Phi) is 7.59. The summed E-state index contributed by atoms with van der Waals surface area (Å²) in [6.07, 6.45) is 0.682. The number of halogens is 1. The molecule has 0 aliphatic rings. The van der Waals surface area contributed by atoms with Gasteiger partial charge in [-0.15, -0.1) is 0 Å². The van der Waals surface area contributed by atoms with E-state index in [9.17, 15) is 9.18 Å². The van der Waals surface area contributed by atoms with E-state index in [-0.39, 0.29) is 11.5 Å². The number of hydrogen-bond acceptors (Lipinski definition) is 4. The van der Waals surface area contributed by atoms with Gasteiger partial charge in [0.25, 0.3) is 5.91 Å². The van der Waals surface area contributed by atoms with Gasteiger partial charge < -0.3 is 10.1 Å². The molecule has 3 aromatic rings. The van der Waals surface area contributed by atoms with E-state index in [1.54, 1.807) is 25.3 Å². The van der Waals surface area contributed by atoms with Crippen LogP contribution in [-0.2, 0) is 13.0 Å². The Bertz CT molecular complexity index is 1110. The van der Waals surface area contributed by atoms with Crippen LogP contribution in [0.25, 0.3) is 0 Å². The molecule has 2 aromatic carbocycles. The Morgan fingerprint density at radius 2 is 1.94 bits per heavy atom. The predicted octanol–water partition coefficient (Wildman–Crippen LogP) is 4.11. The van der Waals surface area contributed by atoms with Gasteiger partial charge in [-0.3, -0.25) is 19.8 Å². The maximum atomic E-state index is 13.5. The van der Waals surface area contributed by atoms with Crippen LogP contribution in [0.1, 0.15) is 34.2 Å². The van der Waals surface area contributed by atoms with Crippen LogP contribution in [0.5, 0.6) is 5.75 Å². The number of amides is 1. The summed E-state index contributed by atoms with van der Waals surface area (Å²) in [5.74, 6) is 0.0768. The van der Waals surface area contributed by atoms with Crippen molar-refractivity contribution in [2.75, 3.05) is 19.0 Å². The van der Waals surface area contributed by atoms with Crippen molar-refractivity contribution in [2.45, 2.75) is 33.7 Å². The number of nitrogens with zero attached hydrogens (tertiary/aromatic N) is 3. The molecule has 0 spiro atoms. The van der Waals surface area contributed by atoms with E-state index < -0.39 is 11.7 Å². The van der Waals surface area contributed by atoms with Crippen LogP contribution >= 0.6 is 0 Å². The van der Waals surface area contributed by atoms with Crippen LogP contribution in [0.3, 0.4) is 0 Å². The maximum Gasteiger partial charge on any atom is 0.258 e. The quantitative estimate of drug-likeness (QED) is 0.431. The summed E-state index contributed by atoms with van der Waals surface area (Å²) in [7, 11) is 1.60. The van der Waals surface area contributed by atoms with E-state index in [4.69, 9.17) is 4.74 Å². The number of carbonyl (C=O) groups excluding carboxylic acids is 1. The molecule has 7 nitrogen and oxygen atoms in total. The molecule has 3 rings (SSSR count). The lowest BCUT2D eigenvalue weighted by Gasteiger charge is -2.12. The number of nitrogens with one attached hydrogen (secondary N) is 2. The van der Waals surface area contributed by atoms with Crippen molar-refractivity contribution in [3.8, 4) is 5.75 Å². The number of aryl methyl sites for hydroxylation is 2. The first-order chi connectivity index (χ1) is 15.4. The highest BCUT2D eigenvalue weighted by molar-refractivity contribution is 6.09. The van der Waals surface area contributed by atoms with Crippen molar-refractivity contribution in [1.29, 1.82) is 0 Å². The molecule has 0 unspecified atom stereocenters. The van der Waals surface area contributed by atoms with Crippen LogP contribution in [0.2, 0.25) is 0 Å². The van der Waals surface area contributed by atoms with Gasteiger partial charge in [0.15, 0.2) is 0 Å². The van der Waals surface area contributed by atoms with Crippen LogP contribution in [0.15, 0.2) is 53.5 Å². The zero-order valence-electron chi connectivity index (χ0n) is 18.8. The number of hydrogen-bond donors (Lipinski definition) is 2. The summed E-state index contributed by atoms with van der Waals surface area (Å²) in [6, 6.07) is 12.8. The number of carbonyl (C=O) groups is 1. The Morgan fingerprint density at radius 3 is 2.56 bits per heavy atom. The Hall–Kier alpha value is -3.68. The summed E-state index contributed by atoms with van der Waals surface area (Å²) in [4.78, 5) is 17.2. The zero-order valence-corrected chi connectivity index (χ0v) is 18.8. The molecule has 0 aliphatic heterocycles. The van der Waals surface area contributed by atoms with E-state index in [0.717, 1.165) is 34.9 Å². The fourth-order valence-corrected chi connectivity index (χ4v) is 3.41. The monoisotopic (exact) mass is 437 g/mol. The van der Waals surface area contributed by atoms with Crippen LogP contribution < -0.4 is 15.4 Å². The third-order valence-electron chi connectivity index (χ3n) is 5.13. The maximum absolute atomic E-state index is 13.5. The number of ether oxygens (including phenoxy) is 1. The SMILES string of the molecule is CCn1nc(C)c(CCN=C(NC(=O)c2cccc(F)c2)Nc2ccc(OC)cc2)c1C. The Morgan fingerprint density at radius 1 is 1.19 bits per heavy atom. The first kappa shape index (κ1) is 23.0. The number of aromatic nitrogens is 2. The number of methoxy groups -OCH3 is 1. The highest BCUT2D eigenvalue weighted by Crippen LogP contribution is 2.16. The second-order valence-corrected chi connectivity index (χ2v) is 7.26. The molecule has 0 aliphatic carbocycles. The molecule has 168 valence electrons. The highest BCUT2D eigenvalue weighted by Gasteiger charge is 2.12. The van der Waals surface area contributed by atoms with Crippen molar-refractivity contribution >= 4 is 17.6 Å². The van der Waals surface area contributed by atoms with E-state index in [1.807, 2.05) is 30.7 Å². The van der Waals surface area contributed by atoms with Crippen LogP contribution in [0.4, 0.5) is 10.1 Å². The standard InChI is InChI=1S/C24H28FN5O2/c1-5-30-17(3)22(16(2)29-30)13-14-26-24(27-20-9-11-21(32-4)12-10-20)28-23(31)18-7-6-8-19(25)15-18/h6-12,15H,5,13-14H2,1-4H3,(H2,26,27,28,31).